The number of amides is 1. The fraction of sp³-hybridized carbons (Fsp3) is 0.263. The van der Waals surface area contributed by atoms with Gasteiger partial charge in [0.05, 0.1) is 0 Å². The molecule has 0 N–H and O–H groups in total. The van der Waals surface area contributed by atoms with Crippen LogP contribution in [0.25, 0.3) is 5.65 Å². The Morgan fingerprint density at radius 1 is 1.24 bits per heavy atom. The highest BCUT2D eigenvalue weighted by Gasteiger charge is 2.27. The molecule has 3 aromatic rings. The zero-order valence-electron chi connectivity index (χ0n) is 14.1. The maximum atomic E-state index is 14.7. The Balaban J connectivity index is 1.64. The van der Waals surface area contributed by atoms with E-state index in [0.29, 0.717) is 18.7 Å². The fourth-order valence-electron chi connectivity index (χ4n) is 3.24. The quantitative estimate of drug-likeness (QED) is 0.658. The van der Waals surface area contributed by atoms with E-state index in [1.54, 1.807) is 28.9 Å². The average molecular weight is 355 g/mol. The van der Waals surface area contributed by atoms with Crippen LogP contribution in [0, 0.1) is 12.9 Å². The van der Waals surface area contributed by atoms with Crippen molar-refractivity contribution in [1.82, 2.24) is 14.3 Å². The monoisotopic (exact) mass is 355 g/mol. The van der Waals surface area contributed by atoms with Crippen molar-refractivity contribution in [3.05, 3.63) is 64.9 Å². The molecule has 3 heterocycles. The van der Waals surface area contributed by atoms with Gasteiger partial charge in [-0.05, 0) is 54.5 Å². The molecule has 0 fully saturated rings. The molecule has 6 heteroatoms. The summed E-state index contributed by atoms with van der Waals surface area (Å²) in [6, 6.07) is 9.88. The lowest BCUT2D eigenvalue weighted by Crippen LogP contribution is -2.36. The second-order valence-electron chi connectivity index (χ2n) is 6.30. The maximum Gasteiger partial charge on any atom is 0.277 e. The van der Waals surface area contributed by atoms with Gasteiger partial charge in [0, 0.05) is 24.2 Å². The minimum atomic E-state index is -0.591. The van der Waals surface area contributed by atoms with Crippen LogP contribution >= 0.6 is 11.8 Å². The highest BCUT2D eigenvalue weighted by atomic mass is 32.2. The predicted molar refractivity (Wildman–Crippen MR) is 96.6 cm³/mol. The van der Waals surface area contributed by atoms with Gasteiger partial charge in [-0.2, -0.15) is 4.39 Å². The first kappa shape index (κ1) is 16.1. The van der Waals surface area contributed by atoms with Crippen LogP contribution < -0.4 is 0 Å². The first-order valence-corrected chi connectivity index (χ1v) is 9.38. The number of fused-ring (bicyclic) bond motifs is 2. The van der Waals surface area contributed by atoms with Gasteiger partial charge in [-0.15, -0.1) is 11.8 Å². The molecule has 1 amide bonds. The summed E-state index contributed by atoms with van der Waals surface area (Å²) < 4.78 is 16.0. The van der Waals surface area contributed by atoms with Crippen LogP contribution in [0.2, 0.25) is 0 Å². The number of benzene rings is 1. The number of carbonyl (C=O) groups excluding carboxylic acids is 1. The summed E-state index contributed by atoms with van der Waals surface area (Å²) in [7, 11) is 0. The van der Waals surface area contributed by atoms with Gasteiger partial charge in [-0.3, -0.25) is 9.20 Å². The Morgan fingerprint density at radius 2 is 2.08 bits per heavy atom. The Labute approximate surface area is 149 Å². The number of hydrogen-bond acceptors (Lipinski definition) is 3. The van der Waals surface area contributed by atoms with E-state index < -0.39 is 5.95 Å². The van der Waals surface area contributed by atoms with Crippen LogP contribution in [0.15, 0.2) is 41.4 Å². The third kappa shape index (κ3) is 2.80. The molecule has 25 heavy (non-hydrogen) atoms. The third-order valence-electron chi connectivity index (χ3n) is 4.62. The van der Waals surface area contributed by atoms with Crippen LogP contribution in [0.1, 0.15) is 27.2 Å². The van der Waals surface area contributed by atoms with Crippen molar-refractivity contribution >= 4 is 23.3 Å². The number of carbonyl (C=O) groups is 1. The Morgan fingerprint density at radius 3 is 2.88 bits per heavy atom. The zero-order valence-corrected chi connectivity index (χ0v) is 14.9. The second kappa shape index (κ2) is 6.19. The second-order valence-corrected chi connectivity index (χ2v) is 7.18. The molecule has 0 spiro atoms. The average Bonchev–Trinajstić information content (AvgIpc) is 2.96. The first-order chi connectivity index (χ1) is 12.1. The number of aryl methyl sites for hydroxylation is 1. The number of pyridine rings is 1. The molecule has 1 aliphatic heterocycles. The Bertz CT molecular complexity index is 982. The molecule has 0 radical (unpaired) electrons. The largest absolute Gasteiger partial charge is 0.332 e. The lowest BCUT2D eigenvalue weighted by molar-refractivity contribution is 0.0724. The van der Waals surface area contributed by atoms with Crippen LogP contribution in [0.5, 0.6) is 0 Å². The summed E-state index contributed by atoms with van der Waals surface area (Å²) in [6.45, 7) is 2.95. The van der Waals surface area contributed by atoms with Crippen LogP contribution in [-0.2, 0) is 13.0 Å². The summed E-state index contributed by atoms with van der Waals surface area (Å²) in [5.74, 6) is -0.939. The van der Waals surface area contributed by atoms with E-state index in [0.717, 1.165) is 17.5 Å². The number of nitrogens with zero attached hydrogens (tertiary/aromatic N) is 3. The molecule has 0 saturated carbocycles. The number of halogens is 1. The van der Waals surface area contributed by atoms with Crippen molar-refractivity contribution in [3.8, 4) is 0 Å². The maximum absolute atomic E-state index is 14.7. The molecular weight excluding hydrogens is 337 g/mol. The normalized spacial score (nSPS) is 14.0. The van der Waals surface area contributed by atoms with Crippen LogP contribution in [0.4, 0.5) is 4.39 Å². The van der Waals surface area contributed by atoms with E-state index in [2.05, 4.69) is 23.2 Å². The highest BCUT2D eigenvalue weighted by Crippen LogP contribution is 2.25. The molecule has 0 aliphatic carbocycles. The van der Waals surface area contributed by atoms with Gasteiger partial charge in [-0.25, -0.2) is 4.98 Å². The lowest BCUT2D eigenvalue weighted by atomic mass is 9.99. The van der Waals surface area contributed by atoms with Crippen molar-refractivity contribution in [2.45, 2.75) is 24.8 Å². The molecule has 4 rings (SSSR count). The molecule has 1 aromatic carbocycles. The summed E-state index contributed by atoms with van der Waals surface area (Å²) in [5, 5.41) is 0. The first-order valence-electron chi connectivity index (χ1n) is 8.16. The van der Waals surface area contributed by atoms with Gasteiger partial charge in [0.25, 0.3) is 5.91 Å². The third-order valence-corrected chi connectivity index (χ3v) is 5.35. The number of thioether (sulfide) groups is 1. The minimum absolute atomic E-state index is 0.102. The summed E-state index contributed by atoms with van der Waals surface area (Å²) in [5.41, 5.74) is 3.65. The van der Waals surface area contributed by atoms with E-state index in [-0.39, 0.29) is 11.6 Å². The molecule has 128 valence electrons. The van der Waals surface area contributed by atoms with Gasteiger partial charge in [0.15, 0.2) is 5.69 Å². The smallest absolute Gasteiger partial charge is 0.277 e. The Hall–Kier alpha value is -2.34. The molecule has 2 aromatic heterocycles. The van der Waals surface area contributed by atoms with E-state index in [9.17, 15) is 9.18 Å². The van der Waals surface area contributed by atoms with Crippen LogP contribution in [-0.4, -0.2) is 33.0 Å². The SMILES string of the molecule is CSc1ccc2c(c1)CCN(C(=O)c1nc3ccc(C)cn3c1F)C2. The number of aromatic nitrogens is 2. The van der Waals surface area contributed by atoms with Crippen molar-refractivity contribution in [2.24, 2.45) is 0 Å². The summed E-state index contributed by atoms with van der Waals surface area (Å²) >= 11 is 1.71. The number of rotatable bonds is 2. The fourth-order valence-corrected chi connectivity index (χ4v) is 3.70. The van der Waals surface area contributed by atoms with E-state index in [4.69, 9.17) is 0 Å². The minimum Gasteiger partial charge on any atom is -0.332 e. The van der Waals surface area contributed by atoms with Crippen molar-refractivity contribution in [2.75, 3.05) is 12.8 Å². The van der Waals surface area contributed by atoms with E-state index in [1.165, 1.54) is 14.9 Å². The Kier molecular flexibility index (Phi) is 4.00. The van der Waals surface area contributed by atoms with Gasteiger partial charge < -0.3 is 4.90 Å². The topological polar surface area (TPSA) is 37.6 Å². The van der Waals surface area contributed by atoms with Gasteiger partial charge >= 0.3 is 0 Å². The number of hydrogen-bond donors (Lipinski definition) is 0. The standard InChI is InChI=1S/C19H18FN3OS/c1-12-3-6-16-21-17(18(20)23(16)10-12)19(24)22-8-7-13-9-15(25-2)5-4-14(13)11-22/h3-6,9-10H,7-8,11H2,1-2H3. The van der Waals surface area contributed by atoms with Gasteiger partial charge in [0.1, 0.15) is 5.65 Å². The molecule has 4 nitrogen and oxygen atoms in total. The van der Waals surface area contributed by atoms with Crippen molar-refractivity contribution in [1.29, 1.82) is 0 Å². The summed E-state index contributed by atoms with van der Waals surface area (Å²) in [6.07, 6.45) is 4.49. The van der Waals surface area contributed by atoms with Gasteiger partial charge in [0.2, 0.25) is 5.95 Å². The van der Waals surface area contributed by atoms with Gasteiger partial charge in [-0.1, -0.05) is 12.1 Å². The molecule has 0 unspecified atom stereocenters. The highest BCUT2D eigenvalue weighted by molar-refractivity contribution is 7.98. The molecular formula is C19H18FN3OS. The van der Waals surface area contributed by atoms with E-state index in [1.807, 2.05) is 19.2 Å². The predicted octanol–water partition coefficient (Wildman–Crippen LogP) is 3.70. The van der Waals surface area contributed by atoms with E-state index >= 15 is 0 Å². The molecule has 0 bridgehead atoms. The zero-order chi connectivity index (χ0) is 17.6. The molecule has 0 atom stereocenters. The lowest BCUT2D eigenvalue weighted by Gasteiger charge is -2.28. The molecule has 1 aliphatic rings. The summed E-state index contributed by atoms with van der Waals surface area (Å²) in [4.78, 5) is 19.9. The van der Waals surface area contributed by atoms with Crippen molar-refractivity contribution < 1.29 is 9.18 Å². The number of imidazole rings is 1. The molecule has 0 saturated heterocycles. The van der Waals surface area contributed by atoms with Crippen molar-refractivity contribution in [3.63, 3.8) is 0 Å². The van der Waals surface area contributed by atoms with Crippen LogP contribution in [0.3, 0.4) is 0 Å².